The highest BCUT2D eigenvalue weighted by molar-refractivity contribution is 6.35. The number of nitrogens with one attached hydrogen (secondary N) is 1. The molecule has 8 heteroatoms. The Kier molecular flexibility index (Phi) is 10.1. The molecule has 1 heterocycles. The fraction of sp³-hybridized carbons (Fsp3) is 0.409. The van der Waals surface area contributed by atoms with Gasteiger partial charge in [0.25, 0.3) is 0 Å². The molecule has 1 N–H and O–H groups in total. The van der Waals surface area contributed by atoms with Gasteiger partial charge in [0.1, 0.15) is 6.61 Å². The van der Waals surface area contributed by atoms with E-state index in [1.165, 1.54) is 0 Å². The normalized spacial score (nSPS) is 13.3. The second kappa shape index (κ2) is 12.3. The molecule has 1 aliphatic heterocycles. The van der Waals surface area contributed by atoms with Crippen molar-refractivity contribution in [3.8, 4) is 11.5 Å². The molecule has 2 aromatic rings. The Morgan fingerprint density at radius 3 is 2.70 bits per heavy atom. The third-order valence-electron chi connectivity index (χ3n) is 4.94. The van der Waals surface area contributed by atoms with Crippen molar-refractivity contribution in [3.63, 3.8) is 0 Å². The fourth-order valence-corrected chi connectivity index (χ4v) is 3.84. The summed E-state index contributed by atoms with van der Waals surface area (Å²) >= 11 is 12.2. The summed E-state index contributed by atoms with van der Waals surface area (Å²) < 4.78 is 11.6. The van der Waals surface area contributed by atoms with E-state index in [-0.39, 0.29) is 18.3 Å². The Bertz CT molecular complexity index is 848. The largest absolute Gasteiger partial charge is 0.493 e. The van der Waals surface area contributed by atoms with Gasteiger partial charge in [0, 0.05) is 47.2 Å². The van der Waals surface area contributed by atoms with Crippen LogP contribution in [0.4, 0.5) is 0 Å². The number of para-hydroxylation sites is 1. The maximum Gasteiger partial charge on any atom is 0.222 e. The van der Waals surface area contributed by atoms with Crippen molar-refractivity contribution in [2.45, 2.75) is 32.4 Å². The Morgan fingerprint density at radius 1 is 1.17 bits per heavy atom. The molecule has 0 radical (unpaired) electrons. The minimum Gasteiger partial charge on any atom is -0.493 e. The highest BCUT2D eigenvalue weighted by atomic mass is 35.5. The van der Waals surface area contributed by atoms with E-state index in [1.807, 2.05) is 29.2 Å². The average Bonchev–Trinajstić information content (AvgIpc) is 3.12. The van der Waals surface area contributed by atoms with Crippen LogP contribution in [0.5, 0.6) is 11.5 Å². The summed E-state index contributed by atoms with van der Waals surface area (Å²) in [5, 5.41) is 4.60. The monoisotopic (exact) mass is 472 g/mol. The zero-order valence-electron chi connectivity index (χ0n) is 17.0. The fourth-order valence-electron chi connectivity index (χ4n) is 3.37. The molecule has 0 unspecified atom stereocenters. The second-order valence-electron chi connectivity index (χ2n) is 6.99. The highest BCUT2D eigenvalue weighted by Crippen LogP contribution is 2.32. The van der Waals surface area contributed by atoms with Crippen molar-refractivity contribution >= 4 is 41.5 Å². The van der Waals surface area contributed by atoms with E-state index in [4.69, 9.17) is 32.7 Å². The quantitative estimate of drug-likeness (QED) is 0.488. The molecule has 1 amide bonds. The Morgan fingerprint density at radius 2 is 2.00 bits per heavy atom. The first kappa shape index (κ1) is 24.6. The SMILES string of the molecule is COc1cccc(CNCCCN2CCCC2=O)c1OCc1ccc(Cl)cc1Cl.Cl. The van der Waals surface area contributed by atoms with Crippen LogP contribution < -0.4 is 14.8 Å². The molecule has 0 bridgehead atoms. The zero-order chi connectivity index (χ0) is 20.6. The standard InChI is InChI=1S/C22H26Cl2N2O3.ClH/c1-28-20-6-2-5-16(14-25-10-4-12-26-11-3-7-21(26)27)22(20)29-15-17-8-9-18(23)13-19(17)24;/h2,5-6,8-9,13,25H,3-4,7,10-12,14-15H2,1H3;1H. The van der Waals surface area contributed by atoms with Crippen LogP contribution in [0.3, 0.4) is 0 Å². The van der Waals surface area contributed by atoms with Crippen LogP contribution in [-0.4, -0.2) is 37.6 Å². The highest BCUT2D eigenvalue weighted by Gasteiger charge is 2.19. The van der Waals surface area contributed by atoms with Crippen molar-refractivity contribution in [2.75, 3.05) is 26.7 Å². The van der Waals surface area contributed by atoms with Crippen molar-refractivity contribution in [1.82, 2.24) is 10.2 Å². The molecule has 1 fully saturated rings. The van der Waals surface area contributed by atoms with E-state index >= 15 is 0 Å². The van der Waals surface area contributed by atoms with Gasteiger partial charge >= 0.3 is 0 Å². The number of methoxy groups -OCH3 is 1. The van der Waals surface area contributed by atoms with Crippen LogP contribution in [-0.2, 0) is 17.9 Å². The number of carbonyl (C=O) groups is 1. The zero-order valence-corrected chi connectivity index (χ0v) is 19.3. The van der Waals surface area contributed by atoms with Gasteiger partial charge in [-0.25, -0.2) is 0 Å². The number of hydrogen-bond acceptors (Lipinski definition) is 4. The molecular weight excluding hydrogens is 447 g/mol. The summed E-state index contributed by atoms with van der Waals surface area (Å²) in [4.78, 5) is 13.6. The predicted molar refractivity (Wildman–Crippen MR) is 123 cm³/mol. The molecule has 0 saturated carbocycles. The number of nitrogens with zero attached hydrogens (tertiary/aromatic N) is 1. The maximum absolute atomic E-state index is 11.7. The number of ether oxygens (including phenoxy) is 2. The molecule has 1 saturated heterocycles. The average molecular weight is 474 g/mol. The van der Waals surface area contributed by atoms with Gasteiger partial charge in [-0.3, -0.25) is 4.79 Å². The number of benzene rings is 2. The van der Waals surface area contributed by atoms with Crippen LogP contribution in [0.1, 0.15) is 30.4 Å². The Hall–Kier alpha value is -1.66. The van der Waals surface area contributed by atoms with E-state index in [0.717, 1.165) is 43.6 Å². The van der Waals surface area contributed by atoms with Gasteiger partial charge in [-0.2, -0.15) is 0 Å². The first-order chi connectivity index (χ1) is 14.1. The number of hydrogen-bond donors (Lipinski definition) is 1. The molecule has 3 rings (SSSR count). The van der Waals surface area contributed by atoms with Gasteiger partial charge in [-0.15, -0.1) is 12.4 Å². The maximum atomic E-state index is 11.7. The first-order valence-electron chi connectivity index (χ1n) is 9.79. The Labute approximate surface area is 194 Å². The molecule has 164 valence electrons. The summed E-state index contributed by atoms with van der Waals surface area (Å²) in [6.07, 6.45) is 2.59. The van der Waals surface area contributed by atoms with Gasteiger partial charge in [0.15, 0.2) is 11.5 Å². The lowest BCUT2D eigenvalue weighted by atomic mass is 10.1. The third kappa shape index (κ3) is 6.67. The molecule has 5 nitrogen and oxygen atoms in total. The number of likely N-dealkylation sites (tertiary alicyclic amines) is 1. The van der Waals surface area contributed by atoms with Crippen molar-refractivity contribution in [3.05, 3.63) is 57.6 Å². The Balaban J connectivity index is 0.00000320. The van der Waals surface area contributed by atoms with Gasteiger partial charge in [0.2, 0.25) is 5.91 Å². The van der Waals surface area contributed by atoms with Crippen LogP contribution >= 0.6 is 35.6 Å². The van der Waals surface area contributed by atoms with Crippen molar-refractivity contribution in [1.29, 1.82) is 0 Å². The predicted octanol–water partition coefficient (Wildman–Crippen LogP) is 5.10. The summed E-state index contributed by atoms with van der Waals surface area (Å²) in [7, 11) is 1.63. The number of halogens is 3. The van der Waals surface area contributed by atoms with Crippen LogP contribution in [0.15, 0.2) is 36.4 Å². The minimum atomic E-state index is 0. The number of amides is 1. The molecule has 0 atom stereocenters. The second-order valence-corrected chi connectivity index (χ2v) is 7.83. The van der Waals surface area contributed by atoms with Crippen LogP contribution in [0.25, 0.3) is 0 Å². The summed E-state index contributed by atoms with van der Waals surface area (Å²) in [6.45, 7) is 3.49. The van der Waals surface area contributed by atoms with Crippen LogP contribution in [0.2, 0.25) is 10.0 Å². The number of rotatable bonds is 10. The van der Waals surface area contributed by atoms with E-state index in [1.54, 1.807) is 19.2 Å². The minimum absolute atomic E-state index is 0. The van der Waals surface area contributed by atoms with E-state index in [2.05, 4.69) is 5.32 Å². The molecular formula is C22H27Cl3N2O3. The number of carbonyl (C=O) groups excluding carboxylic acids is 1. The summed E-state index contributed by atoms with van der Waals surface area (Å²) in [5.74, 6) is 1.65. The van der Waals surface area contributed by atoms with E-state index in [0.29, 0.717) is 41.1 Å². The van der Waals surface area contributed by atoms with Gasteiger partial charge < -0.3 is 19.7 Å². The molecule has 0 aromatic heterocycles. The van der Waals surface area contributed by atoms with Gasteiger partial charge in [-0.1, -0.05) is 41.4 Å². The van der Waals surface area contributed by atoms with Crippen LogP contribution in [0, 0.1) is 0 Å². The van der Waals surface area contributed by atoms with Crippen molar-refractivity contribution < 1.29 is 14.3 Å². The topological polar surface area (TPSA) is 50.8 Å². The van der Waals surface area contributed by atoms with E-state index < -0.39 is 0 Å². The molecule has 0 spiro atoms. The molecule has 0 aliphatic carbocycles. The lowest BCUT2D eigenvalue weighted by Crippen LogP contribution is -2.28. The summed E-state index contributed by atoms with van der Waals surface area (Å²) in [5.41, 5.74) is 1.86. The smallest absolute Gasteiger partial charge is 0.222 e. The molecule has 2 aromatic carbocycles. The molecule has 30 heavy (non-hydrogen) atoms. The third-order valence-corrected chi connectivity index (χ3v) is 5.52. The van der Waals surface area contributed by atoms with Gasteiger partial charge in [-0.05, 0) is 37.6 Å². The first-order valence-corrected chi connectivity index (χ1v) is 10.5. The van der Waals surface area contributed by atoms with Gasteiger partial charge in [0.05, 0.1) is 7.11 Å². The lowest BCUT2D eigenvalue weighted by molar-refractivity contribution is -0.127. The lowest BCUT2D eigenvalue weighted by Gasteiger charge is -2.17. The van der Waals surface area contributed by atoms with Crippen molar-refractivity contribution in [2.24, 2.45) is 0 Å². The molecule has 1 aliphatic rings. The summed E-state index contributed by atoms with van der Waals surface area (Å²) in [6, 6.07) is 11.2. The van der Waals surface area contributed by atoms with E-state index in [9.17, 15) is 4.79 Å².